The average Bonchev–Trinajstić information content (AvgIpc) is 3.32. The first-order valence-corrected chi connectivity index (χ1v) is 7.37. The number of rotatable bonds is 6. The zero-order valence-electron chi connectivity index (χ0n) is 12.2. The van der Waals surface area contributed by atoms with Crippen molar-refractivity contribution in [3.8, 4) is 0 Å². The molecule has 1 fully saturated rings. The SMILES string of the molecule is COCc1ccccc1NC(c1ccc(F)cc1)C1CC1. The molecule has 3 rings (SSSR count). The van der Waals surface area contributed by atoms with Gasteiger partial charge in [0.05, 0.1) is 12.6 Å². The van der Waals surface area contributed by atoms with Crippen LogP contribution in [0.5, 0.6) is 0 Å². The van der Waals surface area contributed by atoms with Crippen molar-refractivity contribution >= 4 is 5.69 Å². The van der Waals surface area contributed by atoms with Gasteiger partial charge in [-0.25, -0.2) is 4.39 Å². The van der Waals surface area contributed by atoms with E-state index in [1.807, 2.05) is 24.3 Å². The Labute approximate surface area is 125 Å². The van der Waals surface area contributed by atoms with Crippen molar-refractivity contribution in [2.75, 3.05) is 12.4 Å². The van der Waals surface area contributed by atoms with E-state index in [0.29, 0.717) is 12.5 Å². The summed E-state index contributed by atoms with van der Waals surface area (Å²) in [6, 6.07) is 15.3. The standard InChI is InChI=1S/C18H20FNO/c1-21-12-15-4-2-3-5-17(15)20-18(13-6-7-13)14-8-10-16(19)11-9-14/h2-5,8-11,13,18,20H,6-7,12H2,1H3. The first kappa shape index (κ1) is 14.1. The molecule has 0 bridgehead atoms. The van der Waals surface area contributed by atoms with Gasteiger partial charge >= 0.3 is 0 Å². The molecule has 1 atom stereocenters. The van der Waals surface area contributed by atoms with E-state index >= 15 is 0 Å². The van der Waals surface area contributed by atoms with Crippen LogP contribution >= 0.6 is 0 Å². The molecule has 2 aromatic carbocycles. The molecule has 1 aliphatic carbocycles. The molecule has 0 radical (unpaired) electrons. The van der Waals surface area contributed by atoms with Crippen molar-refractivity contribution in [1.29, 1.82) is 0 Å². The zero-order valence-corrected chi connectivity index (χ0v) is 12.2. The Kier molecular flexibility index (Phi) is 4.20. The fourth-order valence-corrected chi connectivity index (χ4v) is 2.68. The monoisotopic (exact) mass is 285 g/mol. The maximum absolute atomic E-state index is 13.1. The number of methoxy groups -OCH3 is 1. The summed E-state index contributed by atoms with van der Waals surface area (Å²) < 4.78 is 18.4. The third-order valence-corrected chi connectivity index (χ3v) is 3.95. The number of hydrogen-bond acceptors (Lipinski definition) is 2. The number of ether oxygens (including phenoxy) is 1. The molecule has 1 unspecified atom stereocenters. The maximum atomic E-state index is 13.1. The van der Waals surface area contributed by atoms with Crippen LogP contribution < -0.4 is 5.32 Å². The molecule has 3 heteroatoms. The summed E-state index contributed by atoms with van der Waals surface area (Å²) in [6.45, 7) is 0.587. The van der Waals surface area contributed by atoms with Crippen molar-refractivity contribution < 1.29 is 9.13 Å². The molecule has 2 aromatic rings. The predicted octanol–water partition coefficient (Wildman–Crippen LogP) is 4.54. The molecule has 1 aliphatic rings. The van der Waals surface area contributed by atoms with Gasteiger partial charge in [0.2, 0.25) is 0 Å². The lowest BCUT2D eigenvalue weighted by Crippen LogP contribution is -2.14. The van der Waals surface area contributed by atoms with E-state index in [9.17, 15) is 4.39 Å². The summed E-state index contributed by atoms with van der Waals surface area (Å²) in [6.07, 6.45) is 2.45. The van der Waals surface area contributed by atoms with E-state index in [2.05, 4.69) is 17.4 Å². The summed E-state index contributed by atoms with van der Waals surface area (Å²) in [4.78, 5) is 0. The van der Waals surface area contributed by atoms with Crippen LogP contribution in [-0.4, -0.2) is 7.11 Å². The zero-order chi connectivity index (χ0) is 14.7. The second-order valence-electron chi connectivity index (χ2n) is 5.60. The van der Waals surface area contributed by atoms with Gasteiger partial charge in [-0.2, -0.15) is 0 Å². The molecule has 0 heterocycles. The Morgan fingerprint density at radius 3 is 2.52 bits per heavy atom. The lowest BCUT2D eigenvalue weighted by atomic mass is 10.0. The van der Waals surface area contributed by atoms with Gasteiger partial charge in [0.1, 0.15) is 5.82 Å². The number of nitrogens with one attached hydrogen (secondary N) is 1. The molecule has 0 saturated heterocycles. The van der Waals surface area contributed by atoms with Crippen LogP contribution in [0.25, 0.3) is 0 Å². The number of para-hydroxylation sites is 1. The van der Waals surface area contributed by atoms with Crippen molar-refractivity contribution in [3.63, 3.8) is 0 Å². The van der Waals surface area contributed by atoms with E-state index in [1.165, 1.54) is 25.0 Å². The van der Waals surface area contributed by atoms with E-state index in [1.54, 1.807) is 7.11 Å². The van der Waals surface area contributed by atoms with Crippen LogP contribution in [0, 0.1) is 11.7 Å². The summed E-state index contributed by atoms with van der Waals surface area (Å²) >= 11 is 0. The minimum absolute atomic E-state index is 0.187. The second kappa shape index (κ2) is 6.27. The molecular weight excluding hydrogens is 265 g/mol. The van der Waals surface area contributed by atoms with Crippen molar-refractivity contribution in [2.24, 2.45) is 5.92 Å². The summed E-state index contributed by atoms with van der Waals surface area (Å²) in [7, 11) is 1.70. The van der Waals surface area contributed by atoms with Crippen LogP contribution in [0.2, 0.25) is 0 Å². The van der Waals surface area contributed by atoms with E-state index in [-0.39, 0.29) is 11.9 Å². The van der Waals surface area contributed by atoms with Gasteiger partial charge in [0.15, 0.2) is 0 Å². The van der Waals surface area contributed by atoms with E-state index < -0.39 is 0 Å². The molecule has 2 nitrogen and oxygen atoms in total. The first-order valence-electron chi connectivity index (χ1n) is 7.37. The Balaban J connectivity index is 1.84. The maximum Gasteiger partial charge on any atom is 0.123 e. The van der Waals surface area contributed by atoms with Crippen LogP contribution in [0.4, 0.5) is 10.1 Å². The van der Waals surface area contributed by atoms with Crippen LogP contribution in [0.3, 0.4) is 0 Å². The highest BCUT2D eigenvalue weighted by atomic mass is 19.1. The summed E-state index contributed by atoms with van der Waals surface area (Å²) in [5.41, 5.74) is 3.39. The van der Waals surface area contributed by atoms with Gasteiger partial charge < -0.3 is 10.1 Å². The molecule has 0 aromatic heterocycles. The van der Waals surface area contributed by atoms with Crippen LogP contribution in [0.15, 0.2) is 48.5 Å². The normalized spacial score (nSPS) is 15.7. The predicted molar refractivity (Wildman–Crippen MR) is 82.6 cm³/mol. The second-order valence-corrected chi connectivity index (χ2v) is 5.60. The number of benzene rings is 2. The van der Waals surface area contributed by atoms with Gasteiger partial charge in [-0.3, -0.25) is 0 Å². The van der Waals surface area contributed by atoms with Crippen molar-refractivity contribution in [3.05, 3.63) is 65.5 Å². The quantitative estimate of drug-likeness (QED) is 0.841. The van der Waals surface area contributed by atoms with Crippen LogP contribution in [0.1, 0.15) is 30.0 Å². The minimum Gasteiger partial charge on any atom is -0.380 e. The Hall–Kier alpha value is -1.87. The number of anilines is 1. The van der Waals surface area contributed by atoms with Crippen molar-refractivity contribution in [1.82, 2.24) is 0 Å². The molecule has 0 aliphatic heterocycles. The highest BCUT2D eigenvalue weighted by Crippen LogP contribution is 2.43. The Morgan fingerprint density at radius 1 is 1.14 bits per heavy atom. The Morgan fingerprint density at radius 2 is 1.86 bits per heavy atom. The lowest BCUT2D eigenvalue weighted by molar-refractivity contribution is 0.185. The fourth-order valence-electron chi connectivity index (χ4n) is 2.68. The Bertz CT molecular complexity index is 592. The number of hydrogen-bond donors (Lipinski definition) is 1. The third-order valence-electron chi connectivity index (χ3n) is 3.95. The lowest BCUT2D eigenvalue weighted by Gasteiger charge is -2.22. The molecule has 0 spiro atoms. The molecular formula is C18H20FNO. The first-order chi connectivity index (χ1) is 10.3. The average molecular weight is 285 g/mol. The van der Waals surface area contributed by atoms with Gasteiger partial charge in [-0.05, 0) is 42.5 Å². The van der Waals surface area contributed by atoms with E-state index in [4.69, 9.17) is 4.74 Å². The molecule has 1 N–H and O–H groups in total. The fraction of sp³-hybridized carbons (Fsp3) is 0.333. The van der Waals surface area contributed by atoms with Gasteiger partial charge in [0, 0.05) is 18.4 Å². The highest BCUT2D eigenvalue weighted by molar-refractivity contribution is 5.53. The van der Waals surface area contributed by atoms with E-state index in [0.717, 1.165) is 16.8 Å². The minimum atomic E-state index is -0.187. The summed E-state index contributed by atoms with van der Waals surface area (Å²) in [5, 5.41) is 3.63. The molecule has 21 heavy (non-hydrogen) atoms. The van der Waals surface area contributed by atoms with Gasteiger partial charge in [-0.1, -0.05) is 30.3 Å². The van der Waals surface area contributed by atoms with Gasteiger partial charge in [0.25, 0.3) is 0 Å². The number of halogens is 1. The summed E-state index contributed by atoms with van der Waals surface area (Å²) in [5.74, 6) is 0.444. The molecule has 0 amide bonds. The topological polar surface area (TPSA) is 21.3 Å². The van der Waals surface area contributed by atoms with Crippen LogP contribution in [-0.2, 0) is 11.3 Å². The third kappa shape index (κ3) is 3.42. The smallest absolute Gasteiger partial charge is 0.123 e. The van der Waals surface area contributed by atoms with Crippen molar-refractivity contribution in [2.45, 2.75) is 25.5 Å². The molecule has 110 valence electrons. The van der Waals surface area contributed by atoms with Gasteiger partial charge in [-0.15, -0.1) is 0 Å². The molecule has 1 saturated carbocycles. The largest absolute Gasteiger partial charge is 0.380 e. The highest BCUT2D eigenvalue weighted by Gasteiger charge is 2.32.